The molecule has 1 fully saturated rings. The summed E-state index contributed by atoms with van der Waals surface area (Å²) in [6.07, 6.45) is 0.141. The van der Waals surface area contributed by atoms with E-state index in [1.807, 2.05) is 93.6 Å². The van der Waals surface area contributed by atoms with Gasteiger partial charge in [-0.05, 0) is 50.6 Å². The minimum atomic E-state index is -1.06. The number of anilines is 2. The van der Waals surface area contributed by atoms with E-state index < -0.39 is 5.54 Å². The first-order valence-corrected chi connectivity index (χ1v) is 9.75. The molecule has 4 nitrogen and oxygen atoms in total. The molecule has 1 aliphatic heterocycles. The Hall–Kier alpha value is -3.40. The third-order valence-corrected chi connectivity index (χ3v) is 5.54. The summed E-state index contributed by atoms with van der Waals surface area (Å²) in [5, 5.41) is 3.02. The SMILES string of the molecule is Cc1ccc(NC(=O)C2(c3ccc(C)cc3)CC(=O)N2c2ccc(C)cc2)cc1. The molecule has 3 aromatic carbocycles. The van der Waals surface area contributed by atoms with E-state index >= 15 is 0 Å². The second-order valence-corrected chi connectivity index (χ2v) is 7.79. The third-order valence-electron chi connectivity index (χ3n) is 5.54. The van der Waals surface area contributed by atoms with Crippen LogP contribution < -0.4 is 10.2 Å². The van der Waals surface area contributed by atoms with Crippen LogP contribution in [0.3, 0.4) is 0 Å². The summed E-state index contributed by atoms with van der Waals surface area (Å²) in [5.74, 6) is -0.265. The number of aryl methyl sites for hydroxylation is 3. The topological polar surface area (TPSA) is 49.4 Å². The first-order chi connectivity index (χ1) is 13.9. The zero-order valence-electron chi connectivity index (χ0n) is 16.9. The summed E-state index contributed by atoms with van der Waals surface area (Å²) in [4.78, 5) is 27.9. The minimum Gasteiger partial charge on any atom is -0.324 e. The Morgan fingerprint density at radius 2 is 1.28 bits per heavy atom. The van der Waals surface area contributed by atoms with Crippen molar-refractivity contribution in [3.05, 3.63) is 95.1 Å². The molecule has 4 rings (SSSR count). The summed E-state index contributed by atoms with van der Waals surface area (Å²) in [6, 6.07) is 23.2. The zero-order valence-corrected chi connectivity index (χ0v) is 16.9. The first kappa shape index (κ1) is 18.9. The third kappa shape index (κ3) is 3.31. The van der Waals surface area contributed by atoms with Gasteiger partial charge >= 0.3 is 0 Å². The van der Waals surface area contributed by atoms with Crippen LogP contribution in [0.25, 0.3) is 0 Å². The van der Waals surface area contributed by atoms with Crippen molar-refractivity contribution in [3.63, 3.8) is 0 Å². The molecule has 0 spiro atoms. The van der Waals surface area contributed by atoms with Gasteiger partial charge < -0.3 is 5.32 Å². The summed E-state index contributed by atoms with van der Waals surface area (Å²) in [5.41, 5.74) is 4.53. The van der Waals surface area contributed by atoms with E-state index in [0.717, 1.165) is 33.6 Å². The second kappa shape index (κ2) is 7.21. The van der Waals surface area contributed by atoms with Crippen molar-refractivity contribution in [2.75, 3.05) is 10.2 Å². The molecule has 29 heavy (non-hydrogen) atoms. The second-order valence-electron chi connectivity index (χ2n) is 7.79. The zero-order chi connectivity index (χ0) is 20.6. The van der Waals surface area contributed by atoms with Gasteiger partial charge in [0, 0.05) is 11.4 Å². The quantitative estimate of drug-likeness (QED) is 0.652. The fourth-order valence-corrected chi connectivity index (χ4v) is 3.80. The maximum Gasteiger partial charge on any atom is 0.255 e. The Morgan fingerprint density at radius 3 is 1.79 bits per heavy atom. The van der Waals surface area contributed by atoms with Crippen LogP contribution in [0.4, 0.5) is 11.4 Å². The van der Waals surface area contributed by atoms with Crippen molar-refractivity contribution in [2.45, 2.75) is 32.7 Å². The Labute approximate surface area is 171 Å². The Morgan fingerprint density at radius 1 is 0.793 bits per heavy atom. The number of nitrogens with one attached hydrogen (secondary N) is 1. The fourth-order valence-electron chi connectivity index (χ4n) is 3.80. The highest BCUT2D eigenvalue weighted by Crippen LogP contribution is 2.45. The molecule has 4 heteroatoms. The molecule has 0 aliphatic carbocycles. The molecule has 146 valence electrons. The number of hydrogen-bond donors (Lipinski definition) is 1. The van der Waals surface area contributed by atoms with Gasteiger partial charge in [-0.2, -0.15) is 0 Å². The molecule has 2 amide bonds. The molecule has 1 aliphatic rings. The molecule has 0 bridgehead atoms. The van der Waals surface area contributed by atoms with Crippen LogP contribution >= 0.6 is 0 Å². The molecule has 0 radical (unpaired) electrons. The van der Waals surface area contributed by atoms with Gasteiger partial charge in [0.2, 0.25) is 5.91 Å². The van der Waals surface area contributed by atoms with Gasteiger partial charge in [0.15, 0.2) is 5.54 Å². The normalized spacial score (nSPS) is 18.3. The molecule has 0 saturated carbocycles. The lowest BCUT2D eigenvalue weighted by atomic mass is 9.75. The lowest BCUT2D eigenvalue weighted by Crippen LogP contribution is -2.67. The monoisotopic (exact) mass is 384 g/mol. The van der Waals surface area contributed by atoms with Crippen LogP contribution in [-0.2, 0) is 15.1 Å². The van der Waals surface area contributed by atoms with Crippen molar-refractivity contribution in [3.8, 4) is 0 Å². The van der Waals surface area contributed by atoms with Crippen molar-refractivity contribution >= 4 is 23.2 Å². The van der Waals surface area contributed by atoms with E-state index in [1.54, 1.807) is 4.90 Å². The molecule has 1 N–H and O–H groups in total. The Balaban J connectivity index is 1.78. The number of benzene rings is 3. The Kier molecular flexibility index (Phi) is 4.71. The van der Waals surface area contributed by atoms with Crippen LogP contribution in [0.1, 0.15) is 28.7 Å². The number of nitrogens with zero attached hydrogens (tertiary/aromatic N) is 1. The molecule has 1 atom stereocenters. The summed E-state index contributed by atoms with van der Waals surface area (Å²) in [6.45, 7) is 6.01. The van der Waals surface area contributed by atoms with Crippen LogP contribution in [-0.4, -0.2) is 11.8 Å². The van der Waals surface area contributed by atoms with Gasteiger partial charge in [-0.15, -0.1) is 0 Å². The standard InChI is InChI=1S/C25H24N2O2/c1-17-4-10-20(11-5-17)25(24(29)26-21-12-6-18(2)7-13-21)16-23(28)27(25)22-14-8-19(3)9-15-22/h4-15H,16H2,1-3H3,(H,26,29). The lowest BCUT2D eigenvalue weighted by Gasteiger charge is -2.50. The summed E-state index contributed by atoms with van der Waals surface area (Å²) >= 11 is 0. The molecule has 1 heterocycles. The largest absolute Gasteiger partial charge is 0.324 e. The molecular formula is C25H24N2O2. The summed E-state index contributed by atoms with van der Waals surface area (Å²) < 4.78 is 0. The molecular weight excluding hydrogens is 360 g/mol. The number of carbonyl (C=O) groups excluding carboxylic acids is 2. The number of amides is 2. The van der Waals surface area contributed by atoms with Gasteiger partial charge in [-0.3, -0.25) is 14.5 Å². The molecule has 0 aromatic heterocycles. The van der Waals surface area contributed by atoms with E-state index in [2.05, 4.69) is 5.32 Å². The van der Waals surface area contributed by atoms with E-state index in [0.29, 0.717) is 0 Å². The predicted molar refractivity (Wildman–Crippen MR) is 116 cm³/mol. The smallest absolute Gasteiger partial charge is 0.255 e. The van der Waals surface area contributed by atoms with Gasteiger partial charge in [0.1, 0.15) is 0 Å². The average molecular weight is 384 g/mol. The average Bonchev–Trinajstić information content (AvgIpc) is 2.70. The van der Waals surface area contributed by atoms with E-state index in [9.17, 15) is 9.59 Å². The predicted octanol–water partition coefficient (Wildman–Crippen LogP) is 4.88. The van der Waals surface area contributed by atoms with Crippen molar-refractivity contribution in [1.29, 1.82) is 0 Å². The van der Waals surface area contributed by atoms with E-state index in [-0.39, 0.29) is 18.2 Å². The highest BCUT2D eigenvalue weighted by Gasteiger charge is 2.58. The van der Waals surface area contributed by atoms with E-state index in [4.69, 9.17) is 0 Å². The van der Waals surface area contributed by atoms with Gasteiger partial charge in [-0.1, -0.05) is 65.2 Å². The maximum absolute atomic E-state index is 13.6. The number of hydrogen-bond acceptors (Lipinski definition) is 2. The maximum atomic E-state index is 13.6. The van der Waals surface area contributed by atoms with Crippen molar-refractivity contribution in [1.82, 2.24) is 0 Å². The summed E-state index contributed by atoms with van der Waals surface area (Å²) in [7, 11) is 0. The number of rotatable bonds is 4. The van der Waals surface area contributed by atoms with Crippen molar-refractivity contribution < 1.29 is 9.59 Å². The van der Waals surface area contributed by atoms with Crippen LogP contribution in [0.2, 0.25) is 0 Å². The Bertz CT molecular complexity index is 1050. The van der Waals surface area contributed by atoms with Crippen LogP contribution in [0.15, 0.2) is 72.8 Å². The highest BCUT2D eigenvalue weighted by molar-refractivity contribution is 6.17. The van der Waals surface area contributed by atoms with Crippen LogP contribution in [0.5, 0.6) is 0 Å². The molecule has 1 unspecified atom stereocenters. The van der Waals surface area contributed by atoms with Crippen LogP contribution in [0, 0.1) is 20.8 Å². The number of β-lactam (4-membered cyclic amide) rings is 1. The molecule has 3 aromatic rings. The van der Waals surface area contributed by atoms with Gasteiger partial charge in [0.25, 0.3) is 5.91 Å². The first-order valence-electron chi connectivity index (χ1n) is 9.75. The van der Waals surface area contributed by atoms with E-state index in [1.165, 1.54) is 0 Å². The molecule has 1 saturated heterocycles. The fraction of sp³-hybridized carbons (Fsp3) is 0.200. The van der Waals surface area contributed by atoms with Gasteiger partial charge in [-0.25, -0.2) is 0 Å². The number of carbonyl (C=O) groups is 2. The minimum absolute atomic E-state index is 0.0616. The van der Waals surface area contributed by atoms with Gasteiger partial charge in [0.05, 0.1) is 6.42 Å². The highest BCUT2D eigenvalue weighted by atomic mass is 16.2. The lowest BCUT2D eigenvalue weighted by molar-refractivity contribution is -0.137. The van der Waals surface area contributed by atoms with Crippen molar-refractivity contribution in [2.24, 2.45) is 0 Å².